The largest absolute Gasteiger partial charge is 0.389 e. The summed E-state index contributed by atoms with van der Waals surface area (Å²) in [5.74, 6) is 0.0428. The first kappa shape index (κ1) is 10.8. The number of hydrogen-bond acceptors (Lipinski definition) is 5. The second kappa shape index (κ2) is 4.80. The Bertz CT molecular complexity index is 312. The van der Waals surface area contributed by atoms with Crippen molar-refractivity contribution >= 4 is 27.4 Å². The van der Waals surface area contributed by atoms with Crippen molar-refractivity contribution in [2.75, 3.05) is 31.2 Å². The Morgan fingerprint density at radius 2 is 2.50 bits per heavy atom. The van der Waals surface area contributed by atoms with E-state index in [0.717, 1.165) is 0 Å². The maximum atomic E-state index is 11.4. The first-order valence-electron chi connectivity index (χ1n) is 4.32. The van der Waals surface area contributed by atoms with Crippen molar-refractivity contribution in [1.82, 2.24) is 9.88 Å². The normalized spacial score (nSPS) is 9.86. The van der Waals surface area contributed by atoms with Gasteiger partial charge in [-0.2, -0.15) is 0 Å². The zero-order valence-electron chi connectivity index (χ0n) is 8.28. The molecule has 0 spiro atoms. The molecule has 0 radical (unpaired) electrons. The number of nitrogens with one attached hydrogen (secondary N) is 1. The van der Waals surface area contributed by atoms with Gasteiger partial charge in [0.05, 0.1) is 12.7 Å². The molecule has 14 heavy (non-hydrogen) atoms. The van der Waals surface area contributed by atoms with Gasteiger partial charge in [-0.25, -0.2) is 4.98 Å². The average Bonchev–Trinajstić information content (AvgIpc) is 2.59. The molecule has 0 aromatic carbocycles. The highest BCUT2D eigenvalue weighted by atomic mass is 32.1. The molecule has 1 aromatic heterocycles. The Balaban J connectivity index is 2.37. The number of carbonyl (C=O) groups excluding carboxylic acids is 1. The molecule has 0 aliphatic rings. The molecule has 0 saturated heterocycles. The zero-order valence-corrected chi connectivity index (χ0v) is 9.10. The molecule has 6 heteroatoms. The van der Waals surface area contributed by atoms with Crippen LogP contribution in [0.4, 0.5) is 10.1 Å². The minimum Gasteiger partial charge on any atom is -0.389 e. The van der Waals surface area contributed by atoms with Crippen LogP contribution < -0.4 is 11.1 Å². The fraction of sp³-hybridized carbons (Fsp3) is 0.500. The zero-order chi connectivity index (χ0) is 10.6. The van der Waals surface area contributed by atoms with Gasteiger partial charge in [0, 0.05) is 13.6 Å². The van der Waals surface area contributed by atoms with Crippen LogP contribution in [0.1, 0.15) is 6.92 Å². The standard InChI is InChI=1S/C8H14N4OS/c1-3-12(2)7(13)5-11-8-10-4-6(9)14-8/h4H,3,5,9H2,1-2H3,(H,10,11). The fourth-order valence-corrected chi connectivity index (χ4v) is 1.41. The molecular weight excluding hydrogens is 200 g/mol. The van der Waals surface area contributed by atoms with Crippen LogP contribution in [0.3, 0.4) is 0 Å². The van der Waals surface area contributed by atoms with Gasteiger partial charge in [0.15, 0.2) is 5.13 Å². The highest BCUT2D eigenvalue weighted by molar-refractivity contribution is 7.19. The Labute approximate surface area is 86.9 Å². The molecule has 0 aliphatic heterocycles. The lowest BCUT2D eigenvalue weighted by Crippen LogP contribution is -2.31. The van der Waals surface area contributed by atoms with Crippen molar-refractivity contribution in [2.24, 2.45) is 0 Å². The number of hydrogen-bond donors (Lipinski definition) is 2. The van der Waals surface area contributed by atoms with E-state index in [9.17, 15) is 4.79 Å². The molecule has 78 valence electrons. The molecule has 0 fully saturated rings. The fourth-order valence-electron chi connectivity index (χ4n) is 0.831. The van der Waals surface area contributed by atoms with E-state index in [1.165, 1.54) is 11.3 Å². The number of amides is 1. The van der Waals surface area contributed by atoms with E-state index in [1.54, 1.807) is 18.1 Å². The predicted molar refractivity (Wildman–Crippen MR) is 58.3 cm³/mol. The summed E-state index contributed by atoms with van der Waals surface area (Å²) < 4.78 is 0. The second-order valence-electron chi connectivity index (χ2n) is 2.83. The Kier molecular flexibility index (Phi) is 3.70. The lowest BCUT2D eigenvalue weighted by molar-refractivity contribution is -0.127. The molecule has 0 aliphatic carbocycles. The van der Waals surface area contributed by atoms with Gasteiger partial charge in [-0.15, -0.1) is 0 Å². The summed E-state index contributed by atoms with van der Waals surface area (Å²) in [6, 6.07) is 0. The molecule has 1 aromatic rings. The molecule has 0 unspecified atom stereocenters. The molecule has 1 rings (SSSR count). The number of nitrogen functional groups attached to an aromatic ring is 1. The van der Waals surface area contributed by atoms with E-state index in [2.05, 4.69) is 10.3 Å². The summed E-state index contributed by atoms with van der Waals surface area (Å²) in [4.78, 5) is 17.0. The maximum absolute atomic E-state index is 11.4. The average molecular weight is 214 g/mol. The third kappa shape index (κ3) is 2.88. The quantitative estimate of drug-likeness (QED) is 0.770. The van der Waals surface area contributed by atoms with Gasteiger partial charge in [-0.05, 0) is 6.92 Å². The minimum absolute atomic E-state index is 0.0428. The molecule has 0 bridgehead atoms. The highest BCUT2D eigenvalue weighted by Crippen LogP contribution is 2.18. The van der Waals surface area contributed by atoms with Crippen LogP contribution in [0.2, 0.25) is 0 Å². The molecule has 3 N–H and O–H groups in total. The van der Waals surface area contributed by atoms with Gasteiger partial charge in [-0.1, -0.05) is 11.3 Å². The first-order valence-corrected chi connectivity index (χ1v) is 5.14. The van der Waals surface area contributed by atoms with Crippen LogP contribution in [-0.2, 0) is 4.79 Å². The van der Waals surface area contributed by atoms with E-state index in [1.807, 2.05) is 6.92 Å². The molecular formula is C8H14N4OS. The second-order valence-corrected chi connectivity index (χ2v) is 3.89. The van der Waals surface area contributed by atoms with Crippen molar-refractivity contribution in [2.45, 2.75) is 6.92 Å². The maximum Gasteiger partial charge on any atom is 0.241 e. The van der Waals surface area contributed by atoms with Crippen LogP contribution in [0.15, 0.2) is 6.20 Å². The van der Waals surface area contributed by atoms with Crippen molar-refractivity contribution in [3.05, 3.63) is 6.20 Å². The number of carbonyl (C=O) groups is 1. The Morgan fingerprint density at radius 3 is 3.00 bits per heavy atom. The van der Waals surface area contributed by atoms with E-state index in [0.29, 0.717) is 16.7 Å². The number of likely N-dealkylation sites (N-methyl/N-ethyl adjacent to an activating group) is 1. The van der Waals surface area contributed by atoms with Gasteiger partial charge >= 0.3 is 0 Å². The lowest BCUT2D eigenvalue weighted by atomic mass is 10.5. The summed E-state index contributed by atoms with van der Waals surface area (Å²) in [7, 11) is 1.76. The van der Waals surface area contributed by atoms with Gasteiger partial charge in [0.2, 0.25) is 5.91 Å². The lowest BCUT2D eigenvalue weighted by Gasteiger charge is -2.14. The number of nitrogens with two attached hydrogens (primary N) is 1. The van der Waals surface area contributed by atoms with Crippen molar-refractivity contribution < 1.29 is 4.79 Å². The topological polar surface area (TPSA) is 71.2 Å². The van der Waals surface area contributed by atoms with Crippen molar-refractivity contribution in [3.8, 4) is 0 Å². The van der Waals surface area contributed by atoms with Gasteiger partial charge in [0.1, 0.15) is 5.00 Å². The van der Waals surface area contributed by atoms with Crippen LogP contribution in [-0.4, -0.2) is 35.9 Å². The molecule has 0 atom stereocenters. The van der Waals surface area contributed by atoms with E-state index >= 15 is 0 Å². The van der Waals surface area contributed by atoms with Gasteiger partial charge < -0.3 is 16.0 Å². The van der Waals surface area contributed by atoms with E-state index < -0.39 is 0 Å². The third-order valence-corrected chi connectivity index (χ3v) is 2.60. The third-order valence-electron chi connectivity index (χ3n) is 1.81. The SMILES string of the molecule is CCN(C)C(=O)CNc1ncc(N)s1. The number of rotatable bonds is 4. The van der Waals surface area contributed by atoms with Crippen molar-refractivity contribution in [3.63, 3.8) is 0 Å². The first-order chi connectivity index (χ1) is 6.63. The minimum atomic E-state index is 0.0428. The molecule has 0 saturated carbocycles. The smallest absolute Gasteiger partial charge is 0.241 e. The summed E-state index contributed by atoms with van der Waals surface area (Å²) in [6.45, 7) is 2.90. The predicted octanol–water partition coefficient (Wildman–Crippen LogP) is 0.615. The number of thiazole rings is 1. The molecule has 1 heterocycles. The van der Waals surface area contributed by atoms with Crippen LogP contribution >= 0.6 is 11.3 Å². The molecule has 1 amide bonds. The Hall–Kier alpha value is -1.30. The number of nitrogens with zero attached hydrogens (tertiary/aromatic N) is 2. The van der Waals surface area contributed by atoms with E-state index in [4.69, 9.17) is 5.73 Å². The van der Waals surface area contributed by atoms with Crippen LogP contribution in [0, 0.1) is 0 Å². The summed E-state index contributed by atoms with van der Waals surface area (Å²) in [5, 5.41) is 4.24. The van der Waals surface area contributed by atoms with Crippen LogP contribution in [0.25, 0.3) is 0 Å². The van der Waals surface area contributed by atoms with Crippen LogP contribution in [0.5, 0.6) is 0 Å². The summed E-state index contributed by atoms with van der Waals surface area (Å²) in [6.07, 6.45) is 1.57. The van der Waals surface area contributed by atoms with Gasteiger partial charge in [0.25, 0.3) is 0 Å². The van der Waals surface area contributed by atoms with Crippen molar-refractivity contribution in [1.29, 1.82) is 0 Å². The molecule has 5 nitrogen and oxygen atoms in total. The number of aromatic nitrogens is 1. The monoisotopic (exact) mass is 214 g/mol. The highest BCUT2D eigenvalue weighted by Gasteiger charge is 2.06. The summed E-state index contributed by atoms with van der Waals surface area (Å²) >= 11 is 1.33. The van der Waals surface area contributed by atoms with E-state index in [-0.39, 0.29) is 12.5 Å². The Morgan fingerprint density at radius 1 is 1.79 bits per heavy atom. The number of anilines is 2. The van der Waals surface area contributed by atoms with Gasteiger partial charge in [-0.3, -0.25) is 4.79 Å². The summed E-state index contributed by atoms with van der Waals surface area (Å²) in [5.41, 5.74) is 5.49.